The average Bonchev–Trinajstić information content (AvgIpc) is 2.89. The van der Waals surface area contributed by atoms with Crippen molar-refractivity contribution in [3.63, 3.8) is 0 Å². The lowest BCUT2D eigenvalue weighted by atomic mass is 10.1. The minimum absolute atomic E-state index is 0.203. The van der Waals surface area contributed by atoms with Gasteiger partial charge in [-0.2, -0.15) is 0 Å². The highest BCUT2D eigenvalue weighted by Gasteiger charge is 2.15. The molecule has 2 nitrogen and oxygen atoms in total. The molecule has 0 saturated heterocycles. The van der Waals surface area contributed by atoms with Crippen molar-refractivity contribution < 1.29 is 8.81 Å². The number of hydrogen-bond acceptors (Lipinski definition) is 2. The zero-order chi connectivity index (χ0) is 14.7. The number of aryl methyl sites for hydroxylation is 1. The van der Waals surface area contributed by atoms with Gasteiger partial charge in [-0.3, -0.25) is 0 Å². The number of furan rings is 1. The quantitative estimate of drug-likeness (QED) is 0.807. The lowest BCUT2D eigenvalue weighted by molar-refractivity contribution is 0.417. The van der Waals surface area contributed by atoms with Crippen LogP contribution in [-0.4, -0.2) is 6.54 Å². The lowest BCUT2D eigenvalue weighted by Gasteiger charge is -2.12. The maximum atomic E-state index is 13.7. The molecule has 0 bridgehead atoms. The van der Waals surface area contributed by atoms with E-state index in [0.717, 1.165) is 29.9 Å². The third kappa shape index (κ3) is 3.13. The van der Waals surface area contributed by atoms with Gasteiger partial charge in [-0.1, -0.05) is 13.8 Å². The van der Waals surface area contributed by atoms with Crippen molar-refractivity contribution in [3.8, 4) is 11.3 Å². The Labute approximate surface area is 127 Å². The molecular weight excluding hydrogens is 321 g/mol. The van der Waals surface area contributed by atoms with Crippen LogP contribution in [0.1, 0.15) is 37.6 Å². The molecule has 0 aliphatic rings. The van der Waals surface area contributed by atoms with Crippen molar-refractivity contribution in [2.45, 2.75) is 33.2 Å². The Hall–Kier alpha value is -1.13. The Morgan fingerprint density at radius 2 is 2.05 bits per heavy atom. The number of rotatable bonds is 5. The van der Waals surface area contributed by atoms with E-state index in [9.17, 15) is 4.39 Å². The van der Waals surface area contributed by atoms with Gasteiger partial charge in [-0.05, 0) is 65.6 Å². The van der Waals surface area contributed by atoms with Crippen molar-refractivity contribution in [2.24, 2.45) is 0 Å². The molecule has 0 aliphatic heterocycles. The van der Waals surface area contributed by atoms with Crippen LogP contribution in [-0.2, 0) is 0 Å². The summed E-state index contributed by atoms with van der Waals surface area (Å²) >= 11 is 3.20. The molecule has 4 heteroatoms. The van der Waals surface area contributed by atoms with E-state index in [1.54, 1.807) is 6.07 Å². The fourth-order valence-corrected chi connectivity index (χ4v) is 2.75. The van der Waals surface area contributed by atoms with Crippen molar-refractivity contribution in [1.82, 2.24) is 5.32 Å². The van der Waals surface area contributed by atoms with Crippen LogP contribution in [0.5, 0.6) is 0 Å². The Balaban J connectivity index is 2.35. The standard InChI is InChI=1S/C16H19BrFNO/c1-4-14(19-5-2)16-7-6-15(20-16)11-9-13(18)12(17)8-10(11)3/h6-9,14,19H,4-5H2,1-3H3. The molecule has 0 spiro atoms. The van der Waals surface area contributed by atoms with Crippen molar-refractivity contribution in [3.05, 3.63) is 45.9 Å². The Bertz CT molecular complexity index is 594. The molecule has 1 aromatic heterocycles. The Morgan fingerprint density at radius 1 is 1.30 bits per heavy atom. The van der Waals surface area contributed by atoms with E-state index in [1.807, 2.05) is 19.1 Å². The van der Waals surface area contributed by atoms with Crippen LogP contribution in [0.25, 0.3) is 11.3 Å². The number of halogens is 2. The first kappa shape index (κ1) is 15.3. The summed E-state index contributed by atoms with van der Waals surface area (Å²) in [7, 11) is 0. The highest BCUT2D eigenvalue weighted by Crippen LogP contribution is 2.31. The summed E-state index contributed by atoms with van der Waals surface area (Å²) in [5.74, 6) is 1.33. The molecule has 2 rings (SSSR count). The summed E-state index contributed by atoms with van der Waals surface area (Å²) < 4.78 is 20.1. The van der Waals surface area contributed by atoms with Gasteiger partial charge >= 0.3 is 0 Å². The van der Waals surface area contributed by atoms with Crippen molar-refractivity contribution in [2.75, 3.05) is 6.54 Å². The van der Waals surface area contributed by atoms with Gasteiger partial charge in [0.1, 0.15) is 17.3 Å². The summed E-state index contributed by atoms with van der Waals surface area (Å²) in [5, 5.41) is 3.37. The van der Waals surface area contributed by atoms with Gasteiger partial charge in [0.25, 0.3) is 0 Å². The summed E-state index contributed by atoms with van der Waals surface area (Å²) in [6.45, 7) is 7.02. The molecule has 1 heterocycles. The van der Waals surface area contributed by atoms with Gasteiger partial charge in [-0.15, -0.1) is 0 Å². The van der Waals surface area contributed by atoms with E-state index in [-0.39, 0.29) is 11.9 Å². The van der Waals surface area contributed by atoms with Crippen LogP contribution in [0.3, 0.4) is 0 Å². The number of nitrogens with one attached hydrogen (secondary N) is 1. The van der Waals surface area contributed by atoms with Gasteiger partial charge in [-0.25, -0.2) is 4.39 Å². The van der Waals surface area contributed by atoms with E-state index in [4.69, 9.17) is 4.42 Å². The fourth-order valence-electron chi connectivity index (χ4n) is 2.29. The molecule has 2 aromatic rings. The Morgan fingerprint density at radius 3 is 2.70 bits per heavy atom. The van der Waals surface area contributed by atoms with E-state index in [2.05, 4.69) is 35.1 Å². The smallest absolute Gasteiger partial charge is 0.138 e. The van der Waals surface area contributed by atoms with Crippen LogP contribution < -0.4 is 5.32 Å². The molecule has 1 atom stereocenters. The Kier molecular flexibility index (Phi) is 5.00. The zero-order valence-electron chi connectivity index (χ0n) is 12.0. The second kappa shape index (κ2) is 6.55. The van der Waals surface area contributed by atoms with Gasteiger partial charge in [0, 0.05) is 5.56 Å². The first-order chi connectivity index (χ1) is 9.56. The molecule has 20 heavy (non-hydrogen) atoms. The maximum Gasteiger partial charge on any atom is 0.138 e. The third-order valence-corrected chi connectivity index (χ3v) is 3.97. The summed E-state index contributed by atoms with van der Waals surface area (Å²) in [6, 6.07) is 7.36. The molecule has 1 unspecified atom stereocenters. The zero-order valence-corrected chi connectivity index (χ0v) is 13.6. The lowest BCUT2D eigenvalue weighted by Crippen LogP contribution is -2.19. The van der Waals surface area contributed by atoms with Crippen molar-refractivity contribution >= 4 is 15.9 Å². The topological polar surface area (TPSA) is 25.2 Å². The first-order valence-corrected chi connectivity index (χ1v) is 7.65. The molecule has 0 radical (unpaired) electrons. The van der Waals surface area contributed by atoms with Gasteiger partial charge in [0.05, 0.1) is 10.5 Å². The first-order valence-electron chi connectivity index (χ1n) is 6.85. The third-order valence-electron chi connectivity index (χ3n) is 3.36. The average molecular weight is 340 g/mol. The van der Waals surface area contributed by atoms with Gasteiger partial charge in [0.2, 0.25) is 0 Å². The summed E-state index contributed by atoms with van der Waals surface area (Å²) in [5.41, 5.74) is 1.78. The molecule has 0 saturated carbocycles. The second-order valence-electron chi connectivity index (χ2n) is 4.80. The number of hydrogen-bond donors (Lipinski definition) is 1. The van der Waals surface area contributed by atoms with Crippen LogP contribution in [0.15, 0.2) is 33.2 Å². The minimum Gasteiger partial charge on any atom is -0.459 e. The van der Waals surface area contributed by atoms with Gasteiger partial charge in [0.15, 0.2) is 0 Å². The van der Waals surface area contributed by atoms with Crippen LogP contribution in [0, 0.1) is 12.7 Å². The van der Waals surface area contributed by atoms with E-state index >= 15 is 0 Å². The predicted molar refractivity (Wildman–Crippen MR) is 83.2 cm³/mol. The highest BCUT2D eigenvalue weighted by atomic mass is 79.9. The SMILES string of the molecule is CCNC(CC)c1ccc(-c2cc(F)c(Br)cc2C)o1. The van der Waals surface area contributed by atoms with E-state index < -0.39 is 0 Å². The minimum atomic E-state index is -0.276. The molecule has 108 valence electrons. The second-order valence-corrected chi connectivity index (χ2v) is 5.66. The fraction of sp³-hybridized carbons (Fsp3) is 0.375. The van der Waals surface area contributed by atoms with E-state index in [1.165, 1.54) is 6.07 Å². The largest absolute Gasteiger partial charge is 0.459 e. The molecule has 1 aromatic carbocycles. The maximum absolute atomic E-state index is 13.7. The molecule has 0 amide bonds. The molecule has 0 fully saturated rings. The normalized spacial score (nSPS) is 12.7. The predicted octanol–water partition coefficient (Wildman–Crippen LogP) is 5.22. The molecule has 1 N–H and O–H groups in total. The van der Waals surface area contributed by atoms with Crippen LogP contribution in [0.2, 0.25) is 0 Å². The summed E-state index contributed by atoms with van der Waals surface area (Å²) in [6.07, 6.45) is 0.953. The van der Waals surface area contributed by atoms with Crippen LogP contribution in [0.4, 0.5) is 4.39 Å². The molecule has 0 aliphatic carbocycles. The highest BCUT2D eigenvalue weighted by molar-refractivity contribution is 9.10. The molecular formula is C16H19BrFNO. The summed E-state index contributed by atoms with van der Waals surface area (Å²) in [4.78, 5) is 0. The van der Waals surface area contributed by atoms with Crippen molar-refractivity contribution in [1.29, 1.82) is 0 Å². The van der Waals surface area contributed by atoms with E-state index in [0.29, 0.717) is 10.2 Å². The number of benzene rings is 1. The monoisotopic (exact) mass is 339 g/mol. The van der Waals surface area contributed by atoms with Crippen LogP contribution >= 0.6 is 15.9 Å². The van der Waals surface area contributed by atoms with Gasteiger partial charge < -0.3 is 9.73 Å².